The van der Waals surface area contributed by atoms with Crippen molar-refractivity contribution in [1.82, 2.24) is 10.2 Å². The van der Waals surface area contributed by atoms with Gasteiger partial charge in [-0.15, -0.1) is 0 Å². The van der Waals surface area contributed by atoms with Gasteiger partial charge in [-0.1, -0.05) is 90.0 Å². The maximum Gasteiger partial charge on any atom is 0.264 e. The fraction of sp³-hybridized carbons (Fsp3) is 0.212. The highest BCUT2D eigenvalue weighted by Gasteiger charge is 2.34. The van der Waals surface area contributed by atoms with E-state index in [4.69, 9.17) is 11.6 Å². The van der Waals surface area contributed by atoms with Crippen molar-refractivity contribution in [3.8, 4) is 0 Å². The third-order valence-electron chi connectivity index (χ3n) is 7.10. The van der Waals surface area contributed by atoms with E-state index in [1.165, 1.54) is 30.1 Å². The third kappa shape index (κ3) is 7.38. The summed E-state index contributed by atoms with van der Waals surface area (Å²) in [5, 5.41) is 3.02. The van der Waals surface area contributed by atoms with Crippen molar-refractivity contribution in [1.29, 1.82) is 0 Å². The Labute approximate surface area is 252 Å². The molecule has 4 aromatic carbocycles. The molecule has 0 heterocycles. The highest BCUT2D eigenvalue weighted by Crippen LogP contribution is 2.27. The largest absolute Gasteiger partial charge is 0.357 e. The minimum atomic E-state index is -4.18. The molecule has 0 aliphatic heterocycles. The quantitative estimate of drug-likeness (QED) is 0.244. The van der Waals surface area contributed by atoms with Crippen LogP contribution in [0.15, 0.2) is 108 Å². The number of halogens is 1. The van der Waals surface area contributed by atoms with Crippen LogP contribution in [-0.2, 0) is 32.6 Å². The summed E-state index contributed by atoms with van der Waals surface area (Å²) in [4.78, 5) is 29.2. The molecular weight excluding hydrogens is 570 g/mol. The van der Waals surface area contributed by atoms with Gasteiger partial charge in [0, 0.05) is 25.0 Å². The first-order valence-corrected chi connectivity index (χ1v) is 15.4. The van der Waals surface area contributed by atoms with Gasteiger partial charge < -0.3 is 10.2 Å². The molecule has 0 bridgehead atoms. The predicted octanol–water partition coefficient (Wildman–Crippen LogP) is 5.54. The van der Waals surface area contributed by atoms with Crippen LogP contribution in [0.3, 0.4) is 0 Å². The monoisotopic (exact) mass is 603 g/mol. The second-order valence-corrected chi connectivity index (χ2v) is 12.4. The van der Waals surface area contributed by atoms with E-state index in [1.54, 1.807) is 30.3 Å². The van der Waals surface area contributed by atoms with Crippen LogP contribution in [-0.4, -0.2) is 44.8 Å². The number of carbonyl (C=O) groups excluding carboxylic acids is 2. The van der Waals surface area contributed by atoms with Crippen molar-refractivity contribution in [3.05, 3.63) is 130 Å². The van der Waals surface area contributed by atoms with Crippen molar-refractivity contribution in [2.24, 2.45) is 0 Å². The summed E-state index contributed by atoms with van der Waals surface area (Å²) in [5.74, 6) is -0.880. The minimum absolute atomic E-state index is 0.0402. The second-order valence-electron chi connectivity index (χ2n) is 10.1. The first-order valence-electron chi connectivity index (χ1n) is 13.5. The van der Waals surface area contributed by atoms with Gasteiger partial charge in [-0.3, -0.25) is 13.9 Å². The first kappa shape index (κ1) is 30.8. The van der Waals surface area contributed by atoms with Crippen LogP contribution >= 0.6 is 11.6 Å². The molecule has 0 radical (unpaired) electrons. The fourth-order valence-electron chi connectivity index (χ4n) is 4.69. The van der Waals surface area contributed by atoms with Crippen LogP contribution in [0.2, 0.25) is 5.02 Å². The van der Waals surface area contributed by atoms with E-state index < -0.39 is 28.5 Å². The smallest absolute Gasteiger partial charge is 0.264 e. The molecule has 0 aliphatic carbocycles. The SMILES string of the molecule is CNC(=O)C(Cc1ccccc1)N(Cc1ccccc1C)C(=O)CN(c1cccc(Cl)c1)S(=O)(=O)c1ccc(C)cc1. The van der Waals surface area contributed by atoms with Crippen LogP contribution in [0.4, 0.5) is 5.69 Å². The van der Waals surface area contributed by atoms with E-state index in [0.29, 0.717) is 5.02 Å². The zero-order valence-corrected chi connectivity index (χ0v) is 25.4. The first-order chi connectivity index (χ1) is 20.1. The lowest BCUT2D eigenvalue weighted by atomic mass is 10.0. The van der Waals surface area contributed by atoms with Crippen LogP contribution in [0.25, 0.3) is 0 Å². The Hall–Kier alpha value is -4.14. The van der Waals surface area contributed by atoms with Crippen LogP contribution in [0.1, 0.15) is 22.3 Å². The Morgan fingerprint density at radius 3 is 2.17 bits per heavy atom. The molecule has 9 heteroatoms. The minimum Gasteiger partial charge on any atom is -0.357 e. The summed E-state index contributed by atoms with van der Waals surface area (Å²) in [5.41, 5.74) is 3.81. The Balaban J connectivity index is 1.80. The molecule has 0 saturated carbocycles. The molecule has 218 valence electrons. The number of benzene rings is 4. The molecule has 1 atom stereocenters. The maximum atomic E-state index is 14.3. The van der Waals surface area contributed by atoms with Gasteiger partial charge in [0.25, 0.3) is 10.0 Å². The van der Waals surface area contributed by atoms with E-state index in [1.807, 2.05) is 68.4 Å². The Bertz CT molecular complexity index is 1640. The molecule has 0 fully saturated rings. The van der Waals surface area contributed by atoms with Gasteiger partial charge in [-0.25, -0.2) is 8.42 Å². The lowest BCUT2D eigenvalue weighted by Gasteiger charge is -2.34. The number of rotatable bonds is 11. The number of hydrogen-bond acceptors (Lipinski definition) is 4. The summed E-state index contributed by atoms with van der Waals surface area (Å²) in [6.45, 7) is 3.38. The molecule has 1 N–H and O–H groups in total. The van der Waals surface area contributed by atoms with Gasteiger partial charge in [0.15, 0.2) is 0 Å². The number of likely N-dealkylation sites (N-methyl/N-ethyl adjacent to an activating group) is 1. The lowest BCUT2D eigenvalue weighted by molar-refractivity contribution is -0.139. The molecule has 4 rings (SSSR count). The van der Waals surface area contributed by atoms with Crippen molar-refractivity contribution in [2.75, 3.05) is 17.9 Å². The number of anilines is 1. The molecule has 2 amide bonds. The third-order valence-corrected chi connectivity index (χ3v) is 9.13. The number of carbonyl (C=O) groups is 2. The normalized spacial score (nSPS) is 11.9. The highest BCUT2D eigenvalue weighted by molar-refractivity contribution is 7.92. The average Bonchev–Trinajstić information content (AvgIpc) is 2.98. The molecule has 0 spiro atoms. The van der Waals surface area contributed by atoms with Crippen molar-refractivity contribution in [2.45, 2.75) is 37.8 Å². The molecule has 42 heavy (non-hydrogen) atoms. The average molecular weight is 604 g/mol. The number of nitrogens with one attached hydrogen (secondary N) is 1. The number of nitrogens with zero attached hydrogens (tertiary/aromatic N) is 2. The Morgan fingerprint density at radius 1 is 0.857 bits per heavy atom. The molecule has 0 aromatic heterocycles. The maximum absolute atomic E-state index is 14.3. The topological polar surface area (TPSA) is 86.8 Å². The summed E-state index contributed by atoms with van der Waals surface area (Å²) in [7, 11) is -2.66. The van der Waals surface area contributed by atoms with E-state index >= 15 is 0 Å². The number of hydrogen-bond donors (Lipinski definition) is 1. The van der Waals surface area contributed by atoms with E-state index in [2.05, 4.69) is 5.32 Å². The van der Waals surface area contributed by atoms with Crippen molar-refractivity contribution < 1.29 is 18.0 Å². The zero-order chi connectivity index (χ0) is 30.3. The van der Waals surface area contributed by atoms with Gasteiger partial charge in [0.1, 0.15) is 12.6 Å². The number of sulfonamides is 1. The molecule has 0 saturated heterocycles. The van der Waals surface area contributed by atoms with Crippen molar-refractivity contribution in [3.63, 3.8) is 0 Å². The lowest BCUT2D eigenvalue weighted by Crippen LogP contribution is -2.53. The second kappa shape index (κ2) is 13.7. The fourth-order valence-corrected chi connectivity index (χ4v) is 6.28. The van der Waals surface area contributed by atoms with E-state index in [0.717, 1.165) is 26.6 Å². The van der Waals surface area contributed by atoms with Gasteiger partial charge in [-0.05, 0) is 60.9 Å². The molecular formula is C33H34ClN3O4S. The van der Waals surface area contributed by atoms with E-state index in [-0.39, 0.29) is 29.5 Å². The summed E-state index contributed by atoms with van der Waals surface area (Å²) in [6, 6.07) is 28.9. The molecule has 7 nitrogen and oxygen atoms in total. The zero-order valence-electron chi connectivity index (χ0n) is 23.8. The Kier molecular flexibility index (Phi) is 10.0. The van der Waals surface area contributed by atoms with Gasteiger partial charge in [0.05, 0.1) is 10.6 Å². The Morgan fingerprint density at radius 2 is 1.52 bits per heavy atom. The van der Waals surface area contributed by atoms with Gasteiger partial charge >= 0.3 is 0 Å². The standard InChI is InChI=1S/C33H34ClN3O4S/c1-24-16-18-30(19-17-24)42(40,41)37(29-15-9-14-28(34)21-29)23-32(38)36(22-27-13-8-7-10-25(27)2)31(33(39)35-3)20-26-11-5-4-6-12-26/h4-19,21,31H,20,22-23H2,1-3H3,(H,35,39). The van der Waals surface area contributed by atoms with Gasteiger partial charge in [-0.2, -0.15) is 0 Å². The van der Waals surface area contributed by atoms with Gasteiger partial charge in [0.2, 0.25) is 11.8 Å². The summed E-state index contributed by atoms with van der Waals surface area (Å²) in [6.07, 6.45) is 0.250. The molecule has 4 aromatic rings. The number of amides is 2. The van der Waals surface area contributed by atoms with Crippen LogP contribution < -0.4 is 9.62 Å². The summed E-state index contributed by atoms with van der Waals surface area (Å²) >= 11 is 6.26. The summed E-state index contributed by atoms with van der Waals surface area (Å²) < 4.78 is 29.1. The van der Waals surface area contributed by atoms with Crippen LogP contribution in [0, 0.1) is 13.8 Å². The molecule has 1 unspecified atom stereocenters. The van der Waals surface area contributed by atoms with Crippen molar-refractivity contribution >= 4 is 39.1 Å². The molecule has 0 aliphatic rings. The van der Waals surface area contributed by atoms with Crippen LogP contribution in [0.5, 0.6) is 0 Å². The highest BCUT2D eigenvalue weighted by atomic mass is 35.5. The predicted molar refractivity (Wildman–Crippen MR) is 167 cm³/mol. The number of aryl methyl sites for hydroxylation is 2. The van der Waals surface area contributed by atoms with E-state index in [9.17, 15) is 18.0 Å².